The summed E-state index contributed by atoms with van der Waals surface area (Å²) in [5.74, 6) is -0.474. The number of methoxy groups -OCH3 is 1. The number of rotatable bonds is 5. The number of ether oxygens (including phenoxy) is 1. The van der Waals surface area contributed by atoms with Crippen LogP contribution >= 0.6 is 0 Å². The van der Waals surface area contributed by atoms with Crippen LogP contribution in [0.5, 0.6) is 0 Å². The SMILES string of the molecule is CCc1c(C)c(C(N)=O)nn1CCOC. The topological polar surface area (TPSA) is 70.1 Å². The third-order valence-electron chi connectivity index (χ3n) is 2.40. The number of primary amides is 1. The summed E-state index contributed by atoms with van der Waals surface area (Å²) in [6.45, 7) is 5.12. The Balaban J connectivity index is 3.04. The van der Waals surface area contributed by atoms with E-state index in [4.69, 9.17) is 10.5 Å². The molecule has 5 heteroatoms. The number of aromatic nitrogens is 2. The minimum Gasteiger partial charge on any atom is -0.383 e. The Morgan fingerprint density at radius 3 is 2.73 bits per heavy atom. The minimum atomic E-state index is -0.474. The zero-order valence-corrected chi connectivity index (χ0v) is 9.41. The molecule has 1 heterocycles. The van der Waals surface area contributed by atoms with E-state index in [1.807, 2.05) is 13.8 Å². The number of carbonyl (C=O) groups is 1. The van der Waals surface area contributed by atoms with Gasteiger partial charge >= 0.3 is 0 Å². The second kappa shape index (κ2) is 4.93. The first-order chi connectivity index (χ1) is 7.11. The fourth-order valence-corrected chi connectivity index (χ4v) is 1.63. The largest absolute Gasteiger partial charge is 0.383 e. The first-order valence-corrected chi connectivity index (χ1v) is 4.96. The van der Waals surface area contributed by atoms with Crippen molar-refractivity contribution in [3.63, 3.8) is 0 Å². The highest BCUT2D eigenvalue weighted by atomic mass is 16.5. The van der Waals surface area contributed by atoms with Crippen LogP contribution < -0.4 is 5.73 Å². The molecule has 0 aliphatic carbocycles. The van der Waals surface area contributed by atoms with Crippen LogP contribution in [-0.2, 0) is 17.7 Å². The van der Waals surface area contributed by atoms with Gasteiger partial charge < -0.3 is 10.5 Å². The quantitative estimate of drug-likeness (QED) is 0.771. The van der Waals surface area contributed by atoms with Crippen molar-refractivity contribution in [1.82, 2.24) is 9.78 Å². The lowest BCUT2D eigenvalue weighted by Gasteiger charge is -2.04. The normalized spacial score (nSPS) is 10.6. The molecule has 2 N–H and O–H groups in total. The van der Waals surface area contributed by atoms with Crippen LogP contribution in [0.25, 0.3) is 0 Å². The summed E-state index contributed by atoms with van der Waals surface area (Å²) in [7, 11) is 1.64. The van der Waals surface area contributed by atoms with Gasteiger partial charge in [-0.1, -0.05) is 6.92 Å². The van der Waals surface area contributed by atoms with E-state index < -0.39 is 5.91 Å². The second-order valence-corrected chi connectivity index (χ2v) is 3.35. The van der Waals surface area contributed by atoms with Gasteiger partial charge in [-0.3, -0.25) is 9.48 Å². The van der Waals surface area contributed by atoms with E-state index in [0.717, 1.165) is 17.7 Å². The standard InChI is InChI=1S/C10H17N3O2/c1-4-8-7(2)9(10(11)14)12-13(8)5-6-15-3/h4-6H2,1-3H3,(H2,11,14). The summed E-state index contributed by atoms with van der Waals surface area (Å²) in [6.07, 6.45) is 0.829. The molecular weight excluding hydrogens is 194 g/mol. The van der Waals surface area contributed by atoms with Gasteiger partial charge in [0.1, 0.15) is 0 Å². The number of nitrogens with two attached hydrogens (primary N) is 1. The molecule has 15 heavy (non-hydrogen) atoms. The number of amides is 1. The molecule has 5 nitrogen and oxygen atoms in total. The fourth-order valence-electron chi connectivity index (χ4n) is 1.63. The van der Waals surface area contributed by atoms with Gasteiger partial charge in [-0.25, -0.2) is 0 Å². The molecule has 0 unspecified atom stereocenters. The summed E-state index contributed by atoms with van der Waals surface area (Å²) in [5, 5.41) is 4.18. The number of nitrogens with zero attached hydrogens (tertiary/aromatic N) is 2. The Kier molecular flexibility index (Phi) is 3.85. The lowest BCUT2D eigenvalue weighted by Crippen LogP contribution is -2.14. The maximum atomic E-state index is 11.1. The molecule has 84 valence electrons. The van der Waals surface area contributed by atoms with Crippen LogP contribution in [-0.4, -0.2) is 29.4 Å². The molecule has 1 aromatic rings. The molecule has 0 atom stereocenters. The second-order valence-electron chi connectivity index (χ2n) is 3.35. The predicted molar refractivity (Wildman–Crippen MR) is 56.7 cm³/mol. The summed E-state index contributed by atoms with van der Waals surface area (Å²) >= 11 is 0. The van der Waals surface area contributed by atoms with Crippen LogP contribution in [0.4, 0.5) is 0 Å². The Labute approximate surface area is 89.2 Å². The average molecular weight is 211 g/mol. The fraction of sp³-hybridized carbons (Fsp3) is 0.600. The van der Waals surface area contributed by atoms with Crippen molar-refractivity contribution in [3.05, 3.63) is 17.0 Å². The van der Waals surface area contributed by atoms with E-state index in [2.05, 4.69) is 5.10 Å². The van der Waals surface area contributed by atoms with Crippen molar-refractivity contribution in [2.75, 3.05) is 13.7 Å². The van der Waals surface area contributed by atoms with E-state index in [9.17, 15) is 4.79 Å². The first-order valence-electron chi connectivity index (χ1n) is 4.96. The molecule has 0 radical (unpaired) electrons. The van der Waals surface area contributed by atoms with E-state index in [0.29, 0.717) is 18.8 Å². The van der Waals surface area contributed by atoms with Gasteiger partial charge in [0.05, 0.1) is 13.2 Å². The average Bonchev–Trinajstić information content (AvgIpc) is 2.52. The highest BCUT2D eigenvalue weighted by molar-refractivity contribution is 5.92. The van der Waals surface area contributed by atoms with Crippen LogP contribution in [0.15, 0.2) is 0 Å². The van der Waals surface area contributed by atoms with Crippen molar-refractivity contribution in [2.45, 2.75) is 26.8 Å². The molecule has 0 aromatic carbocycles. The molecule has 0 fully saturated rings. The van der Waals surface area contributed by atoms with Gasteiger partial charge in [-0.15, -0.1) is 0 Å². The molecule has 0 aliphatic rings. The summed E-state index contributed by atoms with van der Waals surface area (Å²) in [5.41, 5.74) is 7.52. The van der Waals surface area contributed by atoms with Crippen molar-refractivity contribution in [2.24, 2.45) is 5.73 Å². The summed E-state index contributed by atoms with van der Waals surface area (Å²) in [4.78, 5) is 11.1. The van der Waals surface area contributed by atoms with Gasteiger partial charge in [0.15, 0.2) is 5.69 Å². The molecule has 0 saturated carbocycles. The van der Waals surface area contributed by atoms with Crippen molar-refractivity contribution in [1.29, 1.82) is 0 Å². The zero-order valence-electron chi connectivity index (χ0n) is 9.41. The molecular formula is C10H17N3O2. The Morgan fingerprint density at radius 2 is 2.27 bits per heavy atom. The van der Waals surface area contributed by atoms with Crippen LogP contribution in [0, 0.1) is 6.92 Å². The van der Waals surface area contributed by atoms with E-state index in [-0.39, 0.29) is 0 Å². The van der Waals surface area contributed by atoms with Crippen LogP contribution in [0.2, 0.25) is 0 Å². The maximum absolute atomic E-state index is 11.1. The Hall–Kier alpha value is -1.36. The highest BCUT2D eigenvalue weighted by Crippen LogP contribution is 2.13. The molecule has 0 spiro atoms. The van der Waals surface area contributed by atoms with E-state index >= 15 is 0 Å². The molecule has 0 bridgehead atoms. The first kappa shape index (κ1) is 11.7. The maximum Gasteiger partial charge on any atom is 0.269 e. The van der Waals surface area contributed by atoms with E-state index in [1.54, 1.807) is 11.8 Å². The predicted octanol–water partition coefficient (Wildman–Crippen LogP) is 0.499. The lowest BCUT2D eigenvalue weighted by molar-refractivity contribution is 0.0993. The molecule has 0 saturated heterocycles. The van der Waals surface area contributed by atoms with Crippen molar-refractivity contribution < 1.29 is 9.53 Å². The van der Waals surface area contributed by atoms with Gasteiger partial charge in [-0.2, -0.15) is 5.10 Å². The van der Waals surface area contributed by atoms with Gasteiger partial charge in [0.2, 0.25) is 0 Å². The zero-order chi connectivity index (χ0) is 11.4. The lowest BCUT2D eigenvalue weighted by atomic mass is 10.1. The molecule has 1 rings (SSSR count). The van der Waals surface area contributed by atoms with E-state index in [1.165, 1.54) is 0 Å². The number of carbonyl (C=O) groups excluding carboxylic acids is 1. The summed E-state index contributed by atoms with van der Waals surface area (Å²) < 4.78 is 6.77. The van der Waals surface area contributed by atoms with Crippen LogP contribution in [0.1, 0.15) is 28.7 Å². The molecule has 0 aliphatic heterocycles. The third kappa shape index (κ3) is 2.36. The monoisotopic (exact) mass is 211 g/mol. The smallest absolute Gasteiger partial charge is 0.269 e. The van der Waals surface area contributed by atoms with Crippen molar-refractivity contribution in [3.8, 4) is 0 Å². The molecule has 1 aromatic heterocycles. The minimum absolute atomic E-state index is 0.364. The van der Waals surface area contributed by atoms with Gasteiger partial charge in [-0.05, 0) is 13.3 Å². The van der Waals surface area contributed by atoms with Gasteiger partial charge in [0.25, 0.3) is 5.91 Å². The molecule has 1 amide bonds. The third-order valence-corrected chi connectivity index (χ3v) is 2.40. The van der Waals surface area contributed by atoms with Gasteiger partial charge in [0, 0.05) is 18.4 Å². The highest BCUT2D eigenvalue weighted by Gasteiger charge is 2.16. The number of hydrogen-bond donors (Lipinski definition) is 1. The Morgan fingerprint density at radius 1 is 1.60 bits per heavy atom. The van der Waals surface area contributed by atoms with Crippen LogP contribution in [0.3, 0.4) is 0 Å². The van der Waals surface area contributed by atoms with Crippen molar-refractivity contribution >= 4 is 5.91 Å². The summed E-state index contributed by atoms with van der Waals surface area (Å²) in [6, 6.07) is 0. The Bertz CT molecular complexity index is 358. The number of hydrogen-bond acceptors (Lipinski definition) is 3.